The Bertz CT molecular complexity index is 700. The average molecular weight is 354 g/mol. The lowest BCUT2D eigenvalue weighted by atomic mass is 10.2. The Labute approximate surface area is 154 Å². The molecular formula is C20H26N4O2. The van der Waals surface area contributed by atoms with E-state index in [9.17, 15) is 4.79 Å². The van der Waals surface area contributed by atoms with Gasteiger partial charge in [-0.15, -0.1) is 0 Å². The molecule has 1 aromatic carbocycles. The molecule has 1 fully saturated rings. The van der Waals surface area contributed by atoms with Gasteiger partial charge in [0.15, 0.2) is 0 Å². The minimum absolute atomic E-state index is 0.133. The van der Waals surface area contributed by atoms with Crippen LogP contribution in [0.4, 0.5) is 11.4 Å². The first kappa shape index (κ1) is 18.2. The predicted molar refractivity (Wildman–Crippen MR) is 104 cm³/mol. The Kier molecular flexibility index (Phi) is 6.44. The fourth-order valence-electron chi connectivity index (χ4n) is 3.11. The van der Waals surface area contributed by atoms with Crippen LogP contribution in [0.3, 0.4) is 0 Å². The topological polar surface area (TPSA) is 57.7 Å². The molecule has 1 aliphatic rings. The van der Waals surface area contributed by atoms with Gasteiger partial charge in [-0.2, -0.15) is 0 Å². The molecule has 0 unspecified atom stereocenters. The molecule has 0 bridgehead atoms. The van der Waals surface area contributed by atoms with Crippen molar-refractivity contribution in [1.29, 1.82) is 0 Å². The molecule has 1 aliphatic heterocycles. The molecule has 26 heavy (non-hydrogen) atoms. The molecule has 3 rings (SSSR count). The first-order valence-electron chi connectivity index (χ1n) is 9.06. The van der Waals surface area contributed by atoms with E-state index in [1.165, 1.54) is 5.69 Å². The van der Waals surface area contributed by atoms with Crippen LogP contribution in [0.25, 0.3) is 0 Å². The largest absolute Gasteiger partial charge is 0.385 e. The highest BCUT2D eigenvalue weighted by molar-refractivity contribution is 5.93. The van der Waals surface area contributed by atoms with Crippen LogP contribution in [0.1, 0.15) is 16.9 Å². The number of hydrogen-bond acceptors (Lipinski definition) is 5. The highest BCUT2D eigenvalue weighted by Gasteiger charge is 2.18. The summed E-state index contributed by atoms with van der Waals surface area (Å²) in [6, 6.07) is 14.3. The third-order valence-electron chi connectivity index (χ3n) is 4.55. The number of benzene rings is 1. The lowest BCUT2D eigenvalue weighted by Crippen LogP contribution is -2.46. The van der Waals surface area contributed by atoms with Crippen molar-refractivity contribution >= 4 is 17.3 Å². The summed E-state index contributed by atoms with van der Waals surface area (Å²) in [5.41, 5.74) is 2.78. The summed E-state index contributed by atoms with van der Waals surface area (Å²) in [5, 5.41) is 2.88. The zero-order valence-electron chi connectivity index (χ0n) is 15.2. The van der Waals surface area contributed by atoms with Crippen LogP contribution >= 0.6 is 0 Å². The zero-order valence-corrected chi connectivity index (χ0v) is 15.2. The zero-order chi connectivity index (χ0) is 18.2. The maximum absolute atomic E-state index is 12.2. The lowest BCUT2D eigenvalue weighted by molar-refractivity contribution is 0.0943. The number of carbonyl (C=O) groups excluding carboxylic acids is 1. The fraction of sp³-hybridized carbons (Fsp3) is 0.400. The van der Waals surface area contributed by atoms with Gasteiger partial charge in [0.25, 0.3) is 5.91 Å². The molecule has 6 heteroatoms. The van der Waals surface area contributed by atoms with Gasteiger partial charge in [0.2, 0.25) is 0 Å². The van der Waals surface area contributed by atoms with Crippen molar-refractivity contribution in [3.63, 3.8) is 0 Å². The van der Waals surface area contributed by atoms with E-state index < -0.39 is 0 Å². The second-order valence-electron chi connectivity index (χ2n) is 6.31. The molecule has 6 nitrogen and oxygen atoms in total. The molecule has 1 saturated heterocycles. The van der Waals surface area contributed by atoms with Crippen molar-refractivity contribution in [2.24, 2.45) is 0 Å². The first-order chi connectivity index (χ1) is 12.8. The minimum Gasteiger partial charge on any atom is -0.385 e. The molecule has 0 spiro atoms. The number of pyridine rings is 1. The maximum atomic E-state index is 12.2. The molecule has 0 aliphatic carbocycles. The number of amides is 1. The van der Waals surface area contributed by atoms with Crippen LogP contribution in [-0.4, -0.2) is 57.3 Å². The van der Waals surface area contributed by atoms with Crippen molar-refractivity contribution in [3.8, 4) is 0 Å². The van der Waals surface area contributed by atoms with E-state index in [4.69, 9.17) is 4.74 Å². The number of para-hydroxylation sites is 1. The number of methoxy groups -OCH3 is 1. The van der Waals surface area contributed by atoms with Crippen LogP contribution in [0.5, 0.6) is 0 Å². The molecule has 1 amide bonds. The Morgan fingerprint density at radius 2 is 1.77 bits per heavy atom. The molecule has 1 N–H and O–H groups in total. The Hall–Kier alpha value is -2.60. The van der Waals surface area contributed by atoms with E-state index >= 15 is 0 Å². The summed E-state index contributed by atoms with van der Waals surface area (Å²) in [6.45, 7) is 5.01. The summed E-state index contributed by atoms with van der Waals surface area (Å²) in [6.07, 6.45) is 2.51. The highest BCUT2D eigenvalue weighted by Crippen LogP contribution is 2.20. The summed E-state index contributed by atoms with van der Waals surface area (Å²) < 4.78 is 4.99. The third-order valence-corrected chi connectivity index (χ3v) is 4.55. The highest BCUT2D eigenvalue weighted by atomic mass is 16.5. The van der Waals surface area contributed by atoms with Gasteiger partial charge in [0, 0.05) is 64.0 Å². The van der Waals surface area contributed by atoms with Crippen LogP contribution in [-0.2, 0) is 4.74 Å². The van der Waals surface area contributed by atoms with Crippen LogP contribution in [0.15, 0.2) is 48.7 Å². The summed E-state index contributed by atoms with van der Waals surface area (Å²) in [5.74, 6) is -0.133. The summed E-state index contributed by atoms with van der Waals surface area (Å²) >= 11 is 0. The normalized spacial score (nSPS) is 14.3. The quantitative estimate of drug-likeness (QED) is 0.773. The van der Waals surface area contributed by atoms with Gasteiger partial charge >= 0.3 is 0 Å². The standard InChI is InChI=1S/C20H26N4O2/c1-26-15-5-9-22-20(25)19-16-18(8-10-21-19)24-13-11-23(12-14-24)17-6-3-2-4-7-17/h2-4,6-8,10,16H,5,9,11-15H2,1H3,(H,22,25). The SMILES string of the molecule is COCCCNC(=O)c1cc(N2CCN(c3ccccc3)CC2)ccn1. The second kappa shape index (κ2) is 9.20. The smallest absolute Gasteiger partial charge is 0.269 e. The molecular weight excluding hydrogens is 328 g/mol. The number of piperazine rings is 1. The number of carbonyl (C=O) groups is 1. The Morgan fingerprint density at radius 3 is 2.46 bits per heavy atom. The second-order valence-corrected chi connectivity index (χ2v) is 6.31. The number of nitrogens with one attached hydrogen (secondary N) is 1. The number of nitrogens with zero attached hydrogens (tertiary/aromatic N) is 3. The average Bonchev–Trinajstić information content (AvgIpc) is 2.72. The van der Waals surface area contributed by atoms with E-state index in [1.54, 1.807) is 13.3 Å². The van der Waals surface area contributed by atoms with Gasteiger partial charge in [0.1, 0.15) is 5.69 Å². The van der Waals surface area contributed by atoms with Crippen LogP contribution < -0.4 is 15.1 Å². The van der Waals surface area contributed by atoms with Crippen molar-refractivity contribution in [2.75, 3.05) is 56.2 Å². The number of anilines is 2. The maximum Gasteiger partial charge on any atom is 0.269 e. The molecule has 138 valence electrons. The monoisotopic (exact) mass is 354 g/mol. The lowest BCUT2D eigenvalue weighted by Gasteiger charge is -2.37. The number of rotatable bonds is 7. The molecule has 2 heterocycles. The van der Waals surface area contributed by atoms with Crippen molar-refractivity contribution < 1.29 is 9.53 Å². The Balaban J connectivity index is 1.56. The number of ether oxygens (including phenoxy) is 1. The van der Waals surface area contributed by atoms with Crippen molar-refractivity contribution in [3.05, 3.63) is 54.4 Å². The van der Waals surface area contributed by atoms with Gasteiger partial charge < -0.3 is 19.9 Å². The molecule has 0 saturated carbocycles. The van der Waals surface area contributed by atoms with Gasteiger partial charge in [-0.1, -0.05) is 18.2 Å². The van der Waals surface area contributed by atoms with E-state index in [2.05, 4.69) is 44.4 Å². The molecule has 2 aromatic rings. The van der Waals surface area contributed by atoms with Gasteiger partial charge in [-0.3, -0.25) is 9.78 Å². The van der Waals surface area contributed by atoms with Crippen molar-refractivity contribution in [1.82, 2.24) is 10.3 Å². The summed E-state index contributed by atoms with van der Waals surface area (Å²) in [7, 11) is 1.66. The third kappa shape index (κ3) is 4.73. The fourth-order valence-corrected chi connectivity index (χ4v) is 3.11. The minimum atomic E-state index is -0.133. The molecule has 0 radical (unpaired) electrons. The van der Waals surface area contributed by atoms with E-state index in [-0.39, 0.29) is 5.91 Å². The molecule has 1 aromatic heterocycles. The number of hydrogen-bond donors (Lipinski definition) is 1. The van der Waals surface area contributed by atoms with E-state index in [1.807, 2.05) is 18.2 Å². The van der Waals surface area contributed by atoms with E-state index in [0.717, 1.165) is 38.3 Å². The van der Waals surface area contributed by atoms with E-state index in [0.29, 0.717) is 18.8 Å². The van der Waals surface area contributed by atoms with Crippen LogP contribution in [0.2, 0.25) is 0 Å². The van der Waals surface area contributed by atoms with Gasteiger partial charge in [-0.05, 0) is 30.7 Å². The molecule has 0 atom stereocenters. The summed E-state index contributed by atoms with van der Waals surface area (Å²) in [4.78, 5) is 21.2. The first-order valence-corrected chi connectivity index (χ1v) is 9.06. The predicted octanol–water partition coefficient (Wildman–Crippen LogP) is 2.17. The Morgan fingerprint density at radius 1 is 1.08 bits per heavy atom. The van der Waals surface area contributed by atoms with Crippen molar-refractivity contribution in [2.45, 2.75) is 6.42 Å². The van der Waals surface area contributed by atoms with Gasteiger partial charge in [0.05, 0.1) is 0 Å². The van der Waals surface area contributed by atoms with Gasteiger partial charge in [-0.25, -0.2) is 0 Å². The van der Waals surface area contributed by atoms with Crippen LogP contribution in [0, 0.1) is 0 Å². The number of aromatic nitrogens is 1.